The third-order valence-corrected chi connectivity index (χ3v) is 6.61. The van der Waals surface area contributed by atoms with Crippen LogP contribution in [0.2, 0.25) is 0 Å². The molecule has 0 fully saturated rings. The summed E-state index contributed by atoms with van der Waals surface area (Å²) in [5, 5.41) is 17.1. The van der Waals surface area contributed by atoms with E-state index in [4.69, 9.17) is 0 Å². The summed E-state index contributed by atoms with van der Waals surface area (Å²) in [4.78, 5) is 11.5. The van der Waals surface area contributed by atoms with Crippen LogP contribution < -0.4 is 0 Å². The highest BCUT2D eigenvalue weighted by atomic mass is 79.9. The number of carboxylic acid groups (broad SMARTS) is 1. The summed E-state index contributed by atoms with van der Waals surface area (Å²) in [6.45, 7) is 0. The number of hydrogen-bond donors (Lipinski definition) is 1. The predicted molar refractivity (Wildman–Crippen MR) is 113 cm³/mol. The first-order valence-corrected chi connectivity index (χ1v) is 11.0. The lowest BCUT2D eigenvalue weighted by Crippen LogP contribution is -2.06. The molecule has 0 aliphatic heterocycles. The average molecular weight is 484 g/mol. The van der Waals surface area contributed by atoms with E-state index in [0.29, 0.717) is 11.3 Å². The van der Waals surface area contributed by atoms with E-state index >= 15 is 0 Å². The van der Waals surface area contributed by atoms with Gasteiger partial charge in [0.15, 0.2) is 0 Å². The first-order chi connectivity index (χ1) is 14.4. The van der Waals surface area contributed by atoms with E-state index in [2.05, 4.69) is 26.2 Å². The van der Waals surface area contributed by atoms with E-state index in [0.717, 1.165) is 4.47 Å². The van der Waals surface area contributed by atoms with Crippen molar-refractivity contribution in [1.29, 1.82) is 0 Å². The van der Waals surface area contributed by atoms with Crippen LogP contribution in [-0.4, -0.2) is 34.5 Å². The van der Waals surface area contributed by atoms with Crippen LogP contribution in [0.3, 0.4) is 0 Å². The first-order valence-electron chi connectivity index (χ1n) is 8.73. The van der Waals surface area contributed by atoms with E-state index in [9.17, 15) is 18.3 Å². The second-order valence-corrected chi connectivity index (χ2v) is 9.11. The van der Waals surface area contributed by atoms with Crippen molar-refractivity contribution in [1.82, 2.24) is 15.0 Å². The zero-order valence-electron chi connectivity index (χ0n) is 15.3. The molecule has 0 saturated heterocycles. The summed E-state index contributed by atoms with van der Waals surface area (Å²) in [5.74, 6) is -1.10. The van der Waals surface area contributed by atoms with Crippen molar-refractivity contribution in [3.8, 4) is 16.9 Å². The highest BCUT2D eigenvalue weighted by Crippen LogP contribution is 2.32. The number of aromatic nitrogens is 3. The Kier molecular flexibility index (Phi) is 5.23. The number of halogens is 1. The molecular formula is C21H14BrN3O4S. The van der Waals surface area contributed by atoms with Gasteiger partial charge in [0, 0.05) is 10.0 Å². The highest BCUT2D eigenvalue weighted by Gasteiger charge is 2.29. The molecule has 1 heterocycles. The second kappa shape index (κ2) is 7.85. The van der Waals surface area contributed by atoms with Crippen LogP contribution >= 0.6 is 15.9 Å². The lowest BCUT2D eigenvalue weighted by molar-refractivity contribution is 0.0697. The molecule has 4 rings (SSSR count). The lowest BCUT2D eigenvalue weighted by Gasteiger charge is -2.10. The molecule has 7 nitrogen and oxygen atoms in total. The summed E-state index contributed by atoms with van der Waals surface area (Å²) in [7, 11) is -3.96. The van der Waals surface area contributed by atoms with Crippen molar-refractivity contribution in [2.45, 2.75) is 9.92 Å². The SMILES string of the molecule is O=C(O)c1cccc(-n2nnc(S(=O)(=O)c3ccccc3)c2-c2ccc(Br)cc2)c1. The minimum Gasteiger partial charge on any atom is -0.478 e. The molecule has 9 heteroatoms. The number of benzene rings is 3. The minimum absolute atomic E-state index is 0.0530. The molecule has 1 N–H and O–H groups in total. The Balaban J connectivity index is 1.98. The molecule has 0 unspecified atom stereocenters. The molecule has 0 saturated carbocycles. The molecule has 0 aliphatic rings. The molecule has 0 spiro atoms. The Hall–Kier alpha value is -3.30. The van der Waals surface area contributed by atoms with Crippen molar-refractivity contribution in [2.24, 2.45) is 0 Å². The Morgan fingerprint density at radius 1 is 0.933 bits per heavy atom. The van der Waals surface area contributed by atoms with Crippen LogP contribution in [-0.2, 0) is 9.84 Å². The van der Waals surface area contributed by atoms with Gasteiger partial charge in [-0.1, -0.05) is 57.5 Å². The summed E-state index contributed by atoms with van der Waals surface area (Å²) < 4.78 is 28.8. The van der Waals surface area contributed by atoms with E-state index in [1.807, 2.05) is 0 Å². The third kappa shape index (κ3) is 3.64. The third-order valence-electron chi connectivity index (χ3n) is 4.40. The molecule has 150 valence electrons. The molecule has 0 radical (unpaired) electrons. The number of hydrogen-bond acceptors (Lipinski definition) is 5. The molecule has 0 amide bonds. The largest absolute Gasteiger partial charge is 0.478 e. The lowest BCUT2D eigenvalue weighted by atomic mass is 10.1. The summed E-state index contributed by atoms with van der Waals surface area (Å²) in [6, 6.07) is 21.1. The molecule has 1 aromatic heterocycles. The fourth-order valence-electron chi connectivity index (χ4n) is 2.97. The van der Waals surface area contributed by atoms with Gasteiger partial charge in [-0.2, -0.15) is 0 Å². The maximum atomic E-state index is 13.3. The van der Waals surface area contributed by atoms with Crippen molar-refractivity contribution < 1.29 is 18.3 Å². The molecule has 0 bridgehead atoms. The number of nitrogens with zero attached hydrogens (tertiary/aromatic N) is 3. The molecule has 4 aromatic rings. The topological polar surface area (TPSA) is 102 Å². The standard InChI is InChI=1S/C21H14BrN3O4S/c22-16-11-9-14(10-12-16)19-20(30(28,29)18-7-2-1-3-8-18)23-24-25(19)17-6-4-5-15(13-17)21(26)27/h1-13H,(H,26,27). The molecule has 30 heavy (non-hydrogen) atoms. The van der Waals surface area contributed by atoms with Crippen molar-refractivity contribution in [3.63, 3.8) is 0 Å². The zero-order valence-corrected chi connectivity index (χ0v) is 17.7. The van der Waals surface area contributed by atoms with Crippen LogP contribution in [0.5, 0.6) is 0 Å². The van der Waals surface area contributed by atoms with Crippen LogP contribution in [0.25, 0.3) is 16.9 Å². The van der Waals surface area contributed by atoms with E-state index < -0.39 is 15.8 Å². The maximum Gasteiger partial charge on any atom is 0.335 e. The van der Waals surface area contributed by atoms with E-state index in [1.54, 1.807) is 54.6 Å². The van der Waals surface area contributed by atoms with Gasteiger partial charge in [-0.15, -0.1) is 5.10 Å². The monoisotopic (exact) mass is 483 g/mol. The van der Waals surface area contributed by atoms with Crippen LogP contribution in [0, 0.1) is 0 Å². The first kappa shape index (κ1) is 20.0. The Morgan fingerprint density at radius 2 is 1.63 bits per heavy atom. The number of carbonyl (C=O) groups is 1. The van der Waals surface area contributed by atoms with Crippen molar-refractivity contribution in [2.75, 3.05) is 0 Å². The highest BCUT2D eigenvalue weighted by molar-refractivity contribution is 9.10. The van der Waals surface area contributed by atoms with Crippen molar-refractivity contribution in [3.05, 3.63) is 88.9 Å². The zero-order chi connectivity index (χ0) is 21.3. The van der Waals surface area contributed by atoms with Gasteiger partial charge in [0.25, 0.3) is 0 Å². The summed E-state index contributed by atoms with van der Waals surface area (Å²) >= 11 is 3.37. The summed E-state index contributed by atoms with van der Waals surface area (Å²) in [6.07, 6.45) is 0. The predicted octanol–water partition coefficient (Wildman–Crippen LogP) is 4.23. The number of rotatable bonds is 5. The van der Waals surface area contributed by atoms with E-state index in [1.165, 1.54) is 28.9 Å². The van der Waals surface area contributed by atoms with Gasteiger partial charge in [0.2, 0.25) is 14.9 Å². The quantitative estimate of drug-likeness (QED) is 0.455. The Bertz CT molecular complexity index is 1330. The van der Waals surface area contributed by atoms with Gasteiger partial charge in [0.1, 0.15) is 5.69 Å². The number of aromatic carboxylic acids is 1. The molecule has 0 atom stereocenters. The van der Waals surface area contributed by atoms with Gasteiger partial charge in [0.05, 0.1) is 16.1 Å². The number of carboxylic acids is 1. The second-order valence-electron chi connectivity index (χ2n) is 6.33. The molecule has 0 aliphatic carbocycles. The van der Waals surface area contributed by atoms with Crippen LogP contribution in [0.15, 0.2) is 93.3 Å². The fourth-order valence-corrected chi connectivity index (χ4v) is 4.57. The van der Waals surface area contributed by atoms with Gasteiger partial charge in [-0.3, -0.25) is 0 Å². The Morgan fingerprint density at radius 3 is 2.30 bits per heavy atom. The smallest absolute Gasteiger partial charge is 0.335 e. The van der Waals surface area contributed by atoms with Crippen molar-refractivity contribution >= 4 is 31.7 Å². The Labute approximate surface area is 180 Å². The summed E-state index contributed by atoms with van der Waals surface area (Å²) in [5.41, 5.74) is 1.25. The van der Waals surface area contributed by atoms with Crippen LogP contribution in [0.4, 0.5) is 0 Å². The fraction of sp³-hybridized carbons (Fsp3) is 0. The van der Waals surface area contributed by atoms with Crippen LogP contribution in [0.1, 0.15) is 10.4 Å². The maximum absolute atomic E-state index is 13.3. The van der Waals surface area contributed by atoms with Gasteiger partial charge < -0.3 is 5.11 Å². The van der Waals surface area contributed by atoms with Gasteiger partial charge in [-0.05, 0) is 42.5 Å². The van der Waals surface area contributed by atoms with Gasteiger partial charge in [-0.25, -0.2) is 17.9 Å². The average Bonchev–Trinajstić information content (AvgIpc) is 3.21. The molecular weight excluding hydrogens is 470 g/mol. The van der Waals surface area contributed by atoms with Gasteiger partial charge >= 0.3 is 5.97 Å². The minimum atomic E-state index is -3.96. The normalized spacial score (nSPS) is 11.4. The van der Waals surface area contributed by atoms with E-state index in [-0.39, 0.29) is 21.2 Å². The number of sulfone groups is 1. The molecule has 3 aromatic carbocycles.